The molecule has 1 aromatic heterocycles. The van der Waals surface area contributed by atoms with Crippen LogP contribution in [-0.4, -0.2) is 32.2 Å². The van der Waals surface area contributed by atoms with Crippen molar-refractivity contribution in [3.05, 3.63) is 11.8 Å². The fourth-order valence-electron chi connectivity index (χ4n) is 1.35. The van der Waals surface area contributed by atoms with Crippen LogP contribution in [0, 0.1) is 6.92 Å². The fourth-order valence-corrected chi connectivity index (χ4v) is 2.14. The van der Waals surface area contributed by atoms with Gasteiger partial charge in [0.05, 0.1) is 0 Å². The Morgan fingerprint density at radius 2 is 2.25 bits per heavy atom. The number of hydrazine groups is 1. The van der Waals surface area contributed by atoms with E-state index in [4.69, 9.17) is 5.84 Å². The molecule has 2 unspecified atom stereocenters. The van der Waals surface area contributed by atoms with Crippen LogP contribution in [0.15, 0.2) is 6.07 Å². The zero-order valence-corrected chi connectivity index (χ0v) is 10.5. The summed E-state index contributed by atoms with van der Waals surface area (Å²) in [4.78, 5) is 8.22. The highest BCUT2D eigenvalue weighted by atomic mass is 32.2. The maximum absolute atomic E-state index is 11.0. The second-order valence-electron chi connectivity index (χ2n) is 3.65. The molecule has 0 radical (unpaired) electrons. The minimum Gasteiger partial charge on any atom is -0.367 e. The minimum absolute atomic E-state index is 0.0887. The molecule has 0 aromatic carbocycles. The maximum Gasteiger partial charge on any atom is 0.239 e. The summed E-state index contributed by atoms with van der Waals surface area (Å²) in [6.45, 7) is 3.81. The van der Waals surface area contributed by atoms with E-state index >= 15 is 0 Å². The maximum atomic E-state index is 11.0. The smallest absolute Gasteiger partial charge is 0.239 e. The van der Waals surface area contributed by atoms with E-state index in [1.165, 1.54) is 0 Å². The Morgan fingerprint density at radius 3 is 2.81 bits per heavy atom. The second kappa shape index (κ2) is 5.76. The monoisotopic (exact) mass is 243 g/mol. The minimum atomic E-state index is -0.828. The first-order chi connectivity index (χ1) is 7.51. The third kappa shape index (κ3) is 4.11. The molecule has 0 spiro atoms. The molecule has 16 heavy (non-hydrogen) atoms. The summed E-state index contributed by atoms with van der Waals surface area (Å²) in [6.07, 6.45) is 1.68. The van der Waals surface area contributed by atoms with Gasteiger partial charge in [0, 0.05) is 40.6 Å². The lowest BCUT2D eigenvalue weighted by molar-refractivity contribution is 0.683. The zero-order chi connectivity index (χ0) is 12.1. The molecule has 0 saturated heterocycles. The second-order valence-corrected chi connectivity index (χ2v) is 5.13. The van der Waals surface area contributed by atoms with Crippen molar-refractivity contribution in [2.75, 3.05) is 22.8 Å². The predicted octanol–water partition coefficient (Wildman–Crippen LogP) is 0.250. The van der Waals surface area contributed by atoms with Crippen LogP contribution >= 0.6 is 0 Å². The average molecular weight is 243 g/mol. The Kier molecular flexibility index (Phi) is 4.63. The highest BCUT2D eigenvalue weighted by Crippen LogP contribution is 2.10. The van der Waals surface area contributed by atoms with Gasteiger partial charge in [-0.2, -0.15) is 4.98 Å². The number of hydrogen-bond acceptors (Lipinski definition) is 6. The van der Waals surface area contributed by atoms with Gasteiger partial charge in [-0.15, -0.1) is 0 Å². The molecule has 0 saturated carbocycles. The quantitative estimate of drug-likeness (QED) is 0.507. The van der Waals surface area contributed by atoms with Crippen LogP contribution in [0.25, 0.3) is 0 Å². The van der Waals surface area contributed by atoms with Crippen molar-refractivity contribution in [1.29, 1.82) is 0 Å². The van der Waals surface area contributed by atoms with Crippen molar-refractivity contribution < 1.29 is 4.21 Å². The van der Waals surface area contributed by atoms with E-state index in [-0.39, 0.29) is 6.04 Å². The molecule has 4 N–H and O–H groups in total. The number of aryl methyl sites for hydroxylation is 1. The Bertz CT molecular complexity index is 384. The largest absolute Gasteiger partial charge is 0.367 e. The summed E-state index contributed by atoms with van der Waals surface area (Å²) >= 11 is 0. The number of aromatic nitrogens is 2. The lowest BCUT2D eigenvalue weighted by atomic mass is 10.3. The molecule has 0 bridgehead atoms. The van der Waals surface area contributed by atoms with Gasteiger partial charge in [-0.25, -0.2) is 10.8 Å². The molecule has 1 aromatic rings. The normalized spacial score (nSPS) is 14.2. The lowest BCUT2D eigenvalue weighted by Gasteiger charge is -2.13. The molecule has 6 nitrogen and oxygen atoms in total. The molecule has 0 aliphatic carbocycles. The van der Waals surface area contributed by atoms with Crippen LogP contribution < -0.4 is 16.6 Å². The highest BCUT2D eigenvalue weighted by molar-refractivity contribution is 7.84. The molecular formula is C9H17N5OS. The SMILES string of the molecule is Cc1cc(NC(C)CS(C)=O)nc(NN)n1. The molecule has 7 heteroatoms. The number of nitrogens with one attached hydrogen (secondary N) is 2. The van der Waals surface area contributed by atoms with Gasteiger partial charge in [0.15, 0.2) is 0 Å². The Balaban J connectivity index is 2.72. The standard InChI is InChI=1S/C9H17N5OS/c1-6-4-8(13-9(12-6)14-10)11-7(2)5-16(3)15/h4,7H,5,10H2,1-3H3,(H2,11,12,13,14). The molecule has 1 heterocycles. The molecule has 0 aliphatic heterocycles. The van der Waals surface area contributed by atoms with Gasteiger partial charge in [-0.05, 0) is 13.8 Å². The summed E-state index contributed by atoms with van der Waals surface area (Å²) in [5.74, 6) is 6.87. The van der Waals surface area contributed by atoms with E-state index in [9.17, 15) is 4.21 Å². The van der Waals surface area contributed by atoms with Crippen molar-refractivity contribution in [3.8, 4) is 0 Å². The molecule has 1 rings (SSSR count). The van der Waals surface area contributed by atoms with Crippen LogP contribution in [0.4, 0.5) is 11.8 Å². The highest BCUT2D eigenvalue weighted by Gasteiger charge is 2.06. The first kappa shape index (κ1) is 12.9. The molecule has 0 aliphatic rings. The summed E-state index contributed by atoms with van der Waals surface area (Å²) in [6, 6.07) is 1.90. The lowest BCUT2D eigenvalue weighted by Crippen LogP contribution is -2.23. The summed E-state index contributed by atoms with van der Waals surface area (Å²) in [5, 5.41) is 3.15. The molecule has 0 amide bonds. The number of rotatable bonds is 5. The van der Waals surface area contributed by atoms with Gasteiger partial charge in [0.25, 0.3) is 0 Å². The fraction of sp³-hybridized carbons (Fsp3) is 0.556. The Labute approximate surface area is 97.5 Å². The third-order valence-corrected chi connectivity index (χ3v) is 2.83. The Morgan fingerprint density at radius 1 is 1.56 bits per heavy atom. The van der Waals surface area contributed by atoms with Crippen molar-refractivity contribution in [1.82, 2.24) is 9.97 Å². The van der Waals surface area contributed by atoms with E-state index in [2.05, 4.69) is 20.7 Å². The van der Waals surface area contributed by atoms with Gasteiger partial charge in [0.2, 0.25) is 5.95 Å². The van der Waals surface area contributed by atoms with E-state index in [1.807, 2.05) is 19.9 Å². The predicted molar refractivity (Wildman–Crippen MR) is 66.6 cm³/mol. The van der Waals surface area contributed by atoms with Gasteiger partial charge in [0.1, 0.15) is 5.82 Å². The van der Waals surface area contributed by atoms with Crippen LogP contribution in [0.2, 0.25) is 0 Å². The average Bonchev–Trinajstić information content (AvgIpc) is 2.14. The molecule has 90 valence electrons. The first-order valence-electron chi connectivity index (χ1n) is 4.90. The van der Waals surface area contributed by atoms with Crippen molar-refractivity contribution in [3.63, 3.8) is 0 Å². The zero-order valence-electron chi connectivity index (χ0n) is 9.65. The third-order valence-electron chi connectivity index (χ3n) is 1.86. The first-order valence-corrected chi connectivity index (χ1v) is 6.63. The number of nitrogens with zero attached hydrogens (tertiary/aromatic N) is 2. The summed E-state index contributed by atoms with van der Waals surface area (Å²) < 4.78 is 11.0. The number of anilines is 2. The van der Waals surface area contributed by atoms with Crippen LogP contribution in [0.3, 0.4) is 0 Å². The van der Waals surface area contributed by atoms with Crippen LogP contribution in [-0.2, 0) is 10.8 Å². The van der Waals surface area contributed by atoms with E-state index < -0.39 is 10.8 Å². The number of nitrogen functional groups attached to an aromatic ring is 1. The van der Waals surface area contributed by atoms with Gasteiger partial charge in [-0.3, -0.25) is 9.63 Å². The Hall–Kier alpha value is -1.21. The van der Waals surface area contributed by atoms with Crippen molar-refractivity contribution >= 4 is 22.6 Å². The van der Waals surface area contributed by atoms with Crippen LogP contribution in [0.5, 0.6) is 0 Å². The molecular weight excluding hydrogens is 226 g/mol. The van der Waals surface area contributed by atoms with Crippen LogP contribution in [0.1, 0.15) is 12.6 Å². The van der Waals surface area contributed by atoms with Crippen molar-refractivity contribution in [2.24, 2.45) is 5.84 Å². The topological polar surface area (TPSA) is 92.9 Å². The summed E-state index contributed by atoms with van der Waals surface area (Å²) in [7, 11) is -0.828. The number of nitrogens with two attached hydrogens (primary N) is 1. The van der Waals surface area contributed by atoms with E-state index in [1.54, 1.807) is 6.26 Å². The van der Waals surface area contributed by atoms with Gasteiger partial charge in [-0.1, -0.05) is 0 Å². The summed E-state index contributed by atoms with van der Waals surface area (Å²) in [5.41, 5.74) is 3.22. The van der Waals surface area contributed by atoms with Gasteiger partial charge < -0.3 is 5.32 Å². The molecule has 0 fully saturated rings. The van der Waals surface area contributed by atoms with Crippen molar-refractivity contribution in [2.45, 2.75) is 19.9 Å². The van der Waals surface area contributed by atoms with Gasteiger partial charge >= 0.3 is 0 Å². The number of hydrogen-bond donors (Lipinski definition) is 3. The molecule has 2 atom stereocenters. The van der Waals surface area contributed by atoms with E-state index in [0.717, 1.165) is 5.69 Å². The van der Waals surface area contributed by atoms with E-state index in [0.29, 0.717) is 17.5 Å².